The first-order valence-corrected chi connectivity index (χ1v) is 3.06. The fourth-order valence-electron chi connectivity index (χ4n) is 0.472. The molecule has 0 aromatic heterocycles. The summed E-state index contributed by atoms with van der Waals surface area (Å²) >= 11 is 2.83. The van der Waals surface area contributed by atoms with Gasteiger partial charge in [0.05, 0.1) is 4.83 Å². The van der Waals surface area contributed by atoms with Crippen LogP contribution >= 0.6 is 15.9 Å². The third kappa shape index (κ3) is 0.784. The molecule has 0 saturated heterocycles. The Morgan fingerprint density at radius 2 is 2.00 bits per heavy atom. The average molecular weight is 171 g/mol. The van der Waals surface area contributed by atoms with E-state index in [1.165, 1.54) is 0 Å². The van der Waals surface area contributed by atoms with Gasteiger partial charge in [-0.1, -0.05) is 15.9 Å². The molecule has 0 bridgehead atoms. The van der Waals surface area contributed by atoms with Crippen LogP contribution in [0, 0.1) is 0 Å². The molecular weight excluding hydrogens is 166 g/mol. The van der Waals surface area contributed by atoms with E-state index in [4.69, 9.17) is 0 Å². The molecule has 0 nitrogen and oxygen atoms in total. The number of halogens is 3. The summed E-state index contributed by atoms with van der Waals surface area (Å²) in [6, 6.07) is 0. The van der Waals surface area contributed by atoms with E-state index in [1.807, 2.05) is 0 Å². The molecular formula is C4H5BrF2. The van der Waals surface area contributed by atoms with Crippen LogP contribution < -0.4 is 0 Å². The lowest BCUT2D eigenvalue weighted by Crippen LogP contribution is -2.39. The topological polar surface area (TPSA) is 0 Å². The van der Waals surface area contributed by atoms with Gasteiger partial charge in [0.1, 0.15) is 0 Å². The smallest absolute Gasteiger partial charge is 0.206 e. The maximum atomic E-state index is 11.9. The monoisotopic (exact) mass is 170 g/mol. The van der Waals surface area contributed by atoms with Crippen molar-refractivity contribution >= 4 is 15.9 Å². The molecule has 1 fully saturated rings. The predicted octanol–water partition coefficient (Wildman–Crippen LogP) is 2.18. The van der Waals surface area contributed by atoms with E-state index in [1.54, 1.807) is 0 Å². The molecule has 1 aliphatic carbocycles. The highest BCUT2D eigenvalue weighted by Crippen LogP contribution is 2.42. The van der Waals surface area contributed by atoms with Gasteiger partial charge in [0.25, 0.3) is 5.92 Å². The summed E-state index contributed by atoms with van der Waals surface area (Å²) < 4.78 is 23.8. The van der Waals surface area contributed by atoms with Crippen LogP contribution in [0.3, 0.4) is 0 Å². The van der Waals surface area contributed by atoms with Crippen molar-refractivity contribution in [3.8, 4) is 0 Å². The largest absolute Gasteiger partial charge is 0.260 e. The van der Waals surface area contributed by atoms with Crippen molar-refractivity contribution in [3.05, 3.63) is 0 Å². The molecule has 0 aromatic carbocycles. The standard InChI is InChI=1S/C4H5BrF2/c5-3-1-2-4(3,6)7/h3H,1-2H2. The Labute approximate surface area is 49.0 Å². The highest BCUT2D eigenvalue weighted by molar-refractivity contribution is 9.09. The maximum absolute atomic E-state index is 11.9. The van der Waals surface area contributed by atoms with Gasteiger partial charge in [-0.05, 0) is 6.42 Å². The summed E-state index contributed by atoms with van der Waals surface area (Å²) in [5, 5.41) is 0. The number of hydrogen-bond acceptors (Lipinski definition) is 0. The van der Waals surface area contributed by atoms with Gasteiger partial charge < -0.3 is 0 Å². The lowest BCUT2D eigenvalue weighted by atomic mass is 9.95. The third-order valence-corrected chi connectivity index (χ3v) is 2.32. The summed E-state index contributed by atoms with van der Waals surface area (Å²) in [5.74, 6) is -2.40. The van der Waals surface area contributed by atoms with Gasteiger partial charge in [-0.15, -0.1) is 0 Å². The van der Waals surface area contributed by atoms with Crippen molar-refractivity contribution in [2.45, 2.75) is 23.6 Å². The van der Waals surface area contributed by atoms with E-state index in [0.717, 1.165) is 0 Å². The molecule has 0 aliphatic heterocycles. The van der Waals surface area contributed by atoms with E-state index >= 15 is 0 Å². The van der Waals surface area contributed by atoms with Crippen LogP contribution in [0.5, 0.6) is 0 Å². The first-order valence-electron chi connectivity index (χ1n) is 2.15. The molecule has 3 heteroatoms. The Morgan fingerprint density at radius 3 is 2.00 bits per heavy atom. The fourth-order valence-corrected chi connectivity index (χ4v) is 0.930. The van der Waals surface area contributed by atoms with E-state index < -0.39 is 10.7 Å². The SMILES string of the molecule is FC1(F)CCC1Br. The van der Waals surface area contributed by atoms with Gasteiger partial charge in [0.2, 0.25) is 0 Å². The average Bonchev–Trinajstić information content (AvgIpc) is 1.63. The normalized spacial score (nSPS) is 37.3. The van der Waals surface area contributed by atoms with E-state index in [2.05, 4.69) is 15.9 Å². The number of hydrogen-bond donors (Lipinski definition) is 0. The Hall–Kier alpha value is 0.340. The quantitative estimate of drug-likeness (QED) is 0.490. The predicted molar refractivity (Wildman–Crippen MR) is 26.9 cm³/mol. The Balaban J connectivity index is 2.43. The first kappa shape index (κ1) is 5.48. The minimum absolute atomic E-state index is 0.0584. The first-order chi connectivity index (χ1) is 3.13. The van der Waals surface area contributed by atoms with Crippen molar-refractivity contribution < 1.29 is 8.78 Å². The van der Waals surface area contributed by atoms with E-state index in [9.17, 15) is 8.78 Å². The molecule has 1 atom stereocenters. The summed E-state index contributed by atoms with van der Waals surface area (Å²) in [6.45, 7) is 0. The zero-order valence-electron chi connectivity index (χ0n) is 3.63. The van der Waals surface area contributed by atoms with Crippen LogP contribution in [0.1, 0.15) is 12.8 Å². The van der Waals surface area contributed by atoms with Crippen LogP contribution in [-0.2, 0) is 0 Å². The molecule has 0 amide bonds. The van der Waals surface area contributed by atoms with Crippen molar-refractivity contribution in [2.75, 3.05) is 0 Å². The van der Waals surface area contributed by atoms with Gasteiger partial charge in [-0.25, -0.2) is 8.78 Å². The van der Waals surface area contributed by atoms with E-state index in [-0.39, 0.29) is 6.42 Å². The van der Waals surface area contributed by atoms with Crippen molar-refractivity contribution in [1.29, 1.82) is 0 Å². The zero-order valence-corrected chi connectivity index (χ0v) is 5.21. The van der Waals surface area contributed by atoms with Gasteiger partial charge in [-0.3, -0.25) is 0 Å². The Morgan fingerprint density at radius 1 is 1.57 bits per heavy atom. The maximum Gasteiger partial charge on any atom is 0.260 e. The molecule has 1 aliphatic rings. The van der Waals surface area contributed by atoms with Crippen molar-refractivity contribution in [2.24, 2.45) is 0 Å². The minimum atomic E-state index is -2.40. The third-order valence-electron chi connectivity index (χ3n) is 1.19. The molecule has 0 aromatic rings. The molecule has 42 valence electrons. The number of alkyl halides is 3. The van der Waals surface area contributed by atoms with Crippen molar-refractivity contribution in [1.82, 2.24) is 0 Å². The molecule has 1 unspecified atom stereocenters. The fraction of sp³-hybridized carbons (Fsp3) is 1.00. The van der Waals surface area contributed by atoms with Gasteiger partial charge in [0.15, 0.2) is 0 Å². The van der Waals surface area contributed by atoms with Crippen LogP contribution in [0.15, 0.2) is 0 Å². The molecule has 7 heavy (non-hydrogen) atoms. The lowest BCUT2D eigenvalue weighted by Gasteiger charge is -2.31. The van der Waals surface area contributed by atoms with Gasteiger partial charge in [-0.2, -0.15) is 0 Å². The highest BCUT2D eigenvalue weighted by Gasteiger charge is 2.46. The van der Waals surface area contributed by atoms with Crippen molar-refractivity contribution in [3.63, 3.8) is 0 Å². The van der Waals surface area contributed by atoms with Gasteiger partial charge >= 0.3 is 0 Å². The lowest BCUT2D eigenvalue weighted by molar-refractivity contribution is -0.0610. The number of rotatable bonds is 0. The second-order valence-corrected chi connectivity index (χ2v) is 2.87. The Bertz CT molecular complexity index is 81.8. The second-order valence-electron chi connectivity index (χ2n) is 1.77. The highest BCUT2D eigenvalue weighted by atomic mass is 79.9. The van der Waals surface area contributed by atoms with Crippen LogP contribution in [-0.4, -0.2) is 10.7 Å². The molecule has 0 spiro atoms. The van der Waals surface area contributed by atoms with Crippen LogP contribution in [0.25, 0.3) is 0 Å². The molecule has 1 saturated carbocycles. The summed E-state index contributed by atoms with van der Waals surface area (Å²) in [5.41, 5.74) is 0. The summed E-state index contributed by atoms with van der Waals surface area (Å²) in [6.07, 6.45) is 0.677. The minimum Gasteiger partial charge on any atom is -0.206 e. The summed E-state index contributed by atoms with van der Waals surface area (Å²) in [4.78, 5) is -0.542. The van der Waals surface area contributed by atoms with Crippen LogP contribution in [0.2, 0.25) is 0 Å². The molecule has 0 heterocycles. The molecule has 1 rings (SSSR count). The summed E-state index contributed by atoms with van der Waals surface area (Å²) in [7, 11) is 0. The second kappa shape index (κ2) is 1.41. The van der Waals surface area contributed by atoms with Crippen LogP contribution in [0.4, 0.5) is 8.78 Å². The molecule has 0 radical (unpaired) electrons. The van der Waals surface area contributed by atoms with E-state index in [0.29, 0.717) is 6.42 Å². The molecule has 0 N–H and O–H groups in total. The zero-order chi connectivity index (χ0) is 5.49. The van der Waals surface area contributed by atoms with Gasteiger partial charge in [0, 0.05) is 6.42 Å². The Kier molecular flexibility index (Phi) is 1.10.